The van der Waals surface area contributed by atoms with Gasteiger partial charge in [0, 0.05) is 22.3 Å². The van der Waals surface area contributed by atoms with Crippen LogP contribution in [0.3, 0.4) is 0 Å². The van der Waals surface area contributed by atoms with Crippen LogP contribution in [0.2, 0.25) is 0 Å². The van der Waals surface area contributed by atoms with E-state index in [1.165, 1.54) is 24.5 Å². The highest BCUT2D eigenvalue weighted by Gasteiger charge is 2.13. The molecule has 1 heterocycles. The summed E-state index contributed by atoms with van der Waals surface area (Å²) < 4.78 is 6.37. The fourth-order valence-corrected chi connectivity index (χ4v) is 2.08. The molecule has 1 N–H and O–H groups in total. The molecule has 0 spiro atoms. The molecule has 7 nitrogen and oxygen atoms in total. The van der Waals surface area contributed by atoms with Crippen LogP contribution >= 0.6 is 15.9 Å². The Labute approximate surface area is 135 Å². The van der Waals surface area contributed by atoms with Crippen LogP contribution in [0.5, 0.6) is 5.75 Å². The second-order valence-corrected chi connectivity index (χ2v) is 5.03. The van der Waals surface area contributed by atoms with E-state index in [-0.39, 0.29) is 11.5 Å². The largest absolute Gasteiger partial charge is 0.493 e. The highest BCUT2D eigenvalue weighted by molar-refractivity contribution is 9.10. The zero-order valence-corrected chi connectivity index (χ0v) is 13.3. The van der Waals surface area contributed by atoms with Gasteiger partial charge < -0.3 is 4.74 Å². The van der Waals surface area contributed by atoms with Crippen LogP contribution in [0.15, 0.2) is 46.1 Å². The predicted molar refractivity (Wildman–Crippen MR) is 87.4 cm³/mol. The van der Waals surface area contributed by atoms with Gasteiger partial charge in [0.25, 0.3) is 0 Å². The van der Waals surface area contributed by atoms with Crippen LogP contribution < -0.4 is 10.2 Å². The Morgan fingerprint density at radius 3 is 3.05 bits per heavy atom. The summed E-state index contributed by atoms with van der Waals surface area (Å²) in [5.74, 6) is 0.753. The van der Waals surface area contributed by atoms with Gasteiger partial charge in [0.05, 0.1) is 17.7 Å². The van der Waals surface area contributed by atoms with Crippen molar-refractivity contribution in [2.45, 2.75) is 6.92 Å². The van der Waals surface area contributed by atoms with Crippen LogP contribution in [-0.4, -0.2) is 22.7 Å². The third kappa shape index (κ3) is 4.01. The quantitative estimate of drug-likeness (QED) is 0.480. The first-order chi connectivity index (χ1) is 10.6. The molecule has 0 aliphatic carbocycles. The van der Waals surface area contributed by atoms with E-state index in [9.17, 15) is 10.1 Å². The molecule has 114 valence electrons. The summed E-state index contributed by atoms with van der Waals surface area (Å²) in [4.78, 5) is 14.3. The van der Waals surface area contributed by atoms with E-state index in [1.54, 1.807) is 0 Å². The predicted octanol–water partition coefficient (Wildman–Crippen LogP) is 3.60. The van der Waals surface area contributed by atoms with Crippen molar-refractivity contribution in [2.24, 2.45) is 5.10 Å². The number of aromatic nitrogens is 1. The van der Waals surface area contributed by atoms with Gasteiger partial charge in [0.15, 0.2) is 0 Å². The van der Waals surface area contributed by atoms with Crippen molar-refractivity contribution >= 4 is 33.6 Å². The molecule has 1 aromatic heterocycles. The minimum Gasteiger partial charge on any atom is -0.493 e. The summed E-state index contributed by atoms with van der Waals surface area (Å²) in [5.41, 5.74) is 3.18. The lowest BCUT2D eigenvalue weighted by molar-refractivity contribution is -0.384. The van der Waals surface area contributed by atoms with Crippen molar-refractivity contribution < 1.29 is 9.66 Å². The average Bonchev–Trinajstić information content (AvgIpc) is 2.50. The van der Waals surface area contributed by atoms with E-state index in [2.05, 4.69) is 31.4 Å². The molecule has 0 radical (unpaired) electrons. The topological polar surface area (TPSA) is 89.7 Å². The van der Waals surface area contributed by atoms with Crippen LogP contribution in [0, 0.1) is 10.1 Å². The molecule has 0 bridgehead atoms. The van der Waals surface area contributed by atoms with Gasteiger partial charge in [-0.1, -0.05) is 15.9 Å². The summed E-state index contributed by atoms with van der Waals surface area (Å²) in [6.07, 6.45) is 2.98. The van der Waals surface area contributed by atoms with Crippen molar-refractivity contribution in [3.8, 4) is 5.75 Å². The summed E-state index contributed by atoms with van der Waals surface area (Å²) in [7, 11) is 0. The van der Waals surface area contributed by atoms with E-state index >= 15 is 0 Å². The average molecular weight is 365 g/mol. The Bertz CT molecular complexity index is 706. The smallest absolute Gasteiger partial charge is 0.313 e. The number of rotatable bonds is 6. The molecule has 2 rings (SSSR count). The van der Waals surface area contributed by atoms with Crippen molar-refractivity contribution in [3.63, 3.8) is 0 Å². The molecule has 0 aliphatic rings. The van der Waals surface area contributed by atoms with Gasteiger partial charge in [-0.25, -0.2) is 4.98 Å². The van der Waals surface area contributed by atoms with Gasteiger partial charge in [0.2, 0.25) is 5.82 Å². The summed E-state index contributed by atoms with van der Waals surface area (Å²) in [6, 6.07) is 8.37. The van der Waals surface area contributed by atoms with Crippen molar-refractivity contribution in [3.05, 3.63) is 56.7 Å². The molecule has 8 heteroatoms. The molecule has 0 saturated heterocycles. The molecule has 0 atom stereocenters. The lowest BCUT2D eigenvalue weighted by atomic mass is 10.2. The number of nitro groups is 1. The lowest BCUT2D eigenvalue weighted by Crippen LogP contribution is -2.00. The van der Waals surface area contributed by atoms with Crippen molar-refractivity contribution in [1.29, 1.82) is 0 Å². The maximum absolute atomic E-state index is 10.9. The van der Waals surface area contributed by atoms with Gasteiger partial charge in [-0.3, -0.25) is 15.5 Å². The number of benzene rings is 1. The minimum atomic E-state index is -0.518. The highest BCUT2D eigenvalue weighted by atomic mass is 79.9. The summed E-state index contributed by atoms with van der Waals surface area (Å²) in [6.45, 7) is 2.42. The Hall–Kier alpha value is -2.48. The Morgan fingerprint density at radius 2 is 2.32 bits per heavy atom. The van der Waals surface area contributed by atoms with Crippen LogP contribution in [0.25, 0.3) is 0 Å². The van der Waals surface area contributed by atoms with Crippen LogP contribution in [-0.2, 0) is 0 Å². The highest BCUT2D eigenvalue weighted by Crippen LogP contribution is 2.23. The first kappa shape index (κ1) is 15.9. The number of hydrogen-bond donors (Lipinski definition) is 1. The molecular weight excluding hydrogens is 352 g/mol. The number of ether oxygens (including phenoxy) is 1. The number of halogens is 1. The normalized spacial score (nSPS) is 10.6. The zero-order valence-electron chi connectivity index (χ0n) is 11.7. The number of anilines is 1. The number of nitrogens with zero attached hydrogens (tertiary/aromatic N) is 3. The van der Waals surface area contributed by atoms with Crippen LogP contribution in [0.4, 0.5) is 11.5 Å². The molecule has 0 amide bonds. The van der Waals surface area contributed by atoms with E-state index in [1.807, 2.05) is 25.1 Å². The molecule has 0 saturated carbocycles. The van der Waals surface area contributed by atoms with E-state index in [0.717, 1.165) is 10.0 Å². The molecule has 22 heavy (non-hydrogen) atoms. The minimum absolute atomic E-state index is 0.0803. The maximum atomic E-state index is 10.9. The zero-order chi connectivity index (χ0) is 15.9. The van der Waals surface area contributed by atoms with Gasteiger partial charge >= 0.3 is 5.69 Å². The van der Waals surface area contributed by atoms with E-state index in [4.69, 9.17) is 4.74 Å². The summed E-state index contributed by atoms with van der Waals surface area (Å²) in [5, 5.41) is 14.9. The molecule has 1 aromatic carbocycles. The molecular formula is C14H13BrN4O3. The first-order valence-electron chi connectivity index (χ1n) is 6.42. The molecule has 0 fully saturated rings. The molecule has 0 aliphatic heterocycles. The maximum Gasteiger partial charge on any atom is 0.313 e. The second-order valence-electron chi connectivity index (χ2n) is 4.11. The van der Waals surface area contributed by atoms with Gasteiger partial charge in [-0.05, 0) is 31.2 Å². The summed E-state index contributed by atoms with van der Waals surface area (Å²) >= 11 is 3.38. The number of hydrazone groups is 1. The van der Waals surface area contributed by atoms with Crippen LogP contribution in [0.1, 0.15) is 12.5 Å². The molecule has 2 aromatic rings. The fraction of sp³-hybridized carbons (Fsp3) is 0.143. The van der Waals surface area contributed by atoms with E-state index in [0.29, 0.717) is 12.4 Å². The molecule has 0 unspecified atom stereocenters. The Balaban J connectivity index is 2.20. The van der Waals surface area contributed by atoms with Gasteiger partial charge in [0.1, 0.15) is 5.75 Å². The monoisotopic (exact) mass is 364 g/mol. The lowest BCUT2D eigenvalue weighted by Gasteiger charge is -2.07. The van der Waals surface area contributed by atoms with Gasteiger partial charge in [-0.15, -0.1) is 0 Å². The third-order valence-corrected chi connectivity index (χ3v) is 3.12. The SMILES string of the molecule is CCOc1ccc(Br)cc1/C=N\Nc1ncccc1[N+](=O)[O-]. The number of hydrogen-bond acceptors (Lipinski definition) is 6. The number of pyridine rings is 1. The van der Waals surface area contributed by atoms with Gasteiger partial charge in [-0.2, -0.15) is 5.10 Å². The number of nitrogens with one attached hydrogen (secondary N) is 1. The second kappa shape index (κ2) is 7.51. The Morgan fingerprint density at radius 1 is 1.50 bits per heavy atom. The van der Waals surface area contributed by atoms with Crippen molar-refractivity contribution in [2.75, 3.05) is 12.0 Å². The standard InChI is InChI=1S/C14H13BrN4O3/c1-2-22-13-6-5-11(15)8-10(13)9-17-18-14-12(19(20)21)4-3-7-16-14/h3-9H,2H2,1H3,(H,16,18)/b17-9-. The first-order valence-corrected chi connectivity index (χ1v) is 7.22. The van der Waals surface area contributed by atoms with E-state index < -0.39 is 4.92 Å². The van der Waals surface area contributed by atoms with Crippen molar-refractivity contribution in [1.82, 2.24) is 4.98 Å². The Kier molecular flexibility index (Phi) is 5.42. The third-order valence-electron chi connectivity index (χ3n) is 2.63. The fourth-order valence-electron chi connectivity index (χ4n) is 1.70.